The van der Waals surface area contributed by atoms with Crippen molar-refractivity contribution in [1.29, 1.82) is 0 Å². The van der Waals surface area contributed by atoms with Gasteiger partial charge in [-0.25, -0.2) is 4.79 Å². The third kappa shape index (κ3) is 8.18. The number of hydrogen-bond donors (Lipinski definition) is 0. The average Bonchev–Trinajstić information content (AvgIpc) is 2.48. The molecule has 0 N–H and O–H groups in total. The molecule has 0 heterocycles. The summed E-state index contributed by atoms with van der Waals surface area (Å²) in [6.45, 7) is 6.64. The lowest BCUT2D eigenvalue weighted by Crippen LogP contribution is -2.07. The highest BCUT2D eigenvalue weighted by molar-refractivity contribution is 5.89. The second kappa shape index (κ2) is 11.2. The lowest BCUT2D eigenvalue weighted by molar-refractivity contribution is -0.241. The smallest absolute Gasteiger partial charge is 0.293 e. The van der Waals surface area contributed by atoms with Gasteiger partial charge in [0.2, 0.25) is 0 Å². The van der Waals surface area contributed by atoms with Crippen molar-refractivity contribution < 1.29 is 14.6 Å². The van der Waals surface area contributed by atoms with Crippen molar-refractivity contribution in [1.82, 2.24) is 0 Å². The Morgan fingerprint density at radius 2 is 1.41 bits per heavy atom. The predicted molar refractivity (Wildman–Crippen MR) is 89.9 cm³/mol. The summed E-state index contributed by atoms with van der Waals surface area (Å²) >= 11 is 0. The monoisotopic (exact) mass is 306 g/mol. The third-order valence-corrected chi connectivity index (χ3v) is 3.67. The Hall–Kier alpha value is -1.35. The normalized spacial score (nSPS) is 10.7. The summed E-state index contributed by atoms with van der Waals surface area (Å²) in [5.74, 6) is -0.411. The Morgan fingerprint density at radius 3 is 2.00 bits per heavy atom. The first-order valence-electron chi connectivity index (χ1n) is 8.55. The molecule has 0 aliphatic heterocycles. The largest absolute Gasteiger partial charge is 0.373 e. The number of hydrogen-bond acceptors (Lipinski definition) is 3. The quantitative estimate of drug-likeness (QED) is 0.306. The Labute approximate surface area is 134 Å². The summed E-state index contributed by atoms with van der Waals surface area (Å²) in [6, 6.07) is 5.65. The number of rotatable bonds is 11. The summed E-state index contributed by atoms with van der Waals surface area (Å²) in [4.78, 5) is 21.7. The van der Waals surface area contributed by atoms with Gasteiger partial charge in [0, 0.05) is 0 Å². The molecule has 0 spiro atoms. The molecule has 3 nitrogen and oxygen atoms in total. The summed E-state index contributed by atoms with van der Waals surface area (Å²) in [5, 5.41) is 0. The van der Waals surface area contributed by atoms with Crippen LogP contribution in [0.3, 0.4) is 0 Å². The Bertz CT molecular complexity index is 420. The van der Waals surface area contributed by atoms with Crippen LogP contribution in [0, 0.1) is 13.8 Å². The zero-order chi connectivity index (χ0) is 16.2. The molecule has 0 saturated carbocycles. The van der Waals surface area contributed by atoms with Crippen LogP contribution in [0.2, 0.25) is 0 Å². The first kappa shape index (κ1) is 18.7. The molecule has 0 aliphatic rings. The molecular weight excluding hydrogens is 276 g/mol. The van der Waals surface area contributed by atoms with Crippen molar-refractivity contribution >= 4 is 5.97 Å². The molecule has 1 aromatic rings. The highest BCUT2D eigenvalue weighted by Crippen LogP contribution is 2.11. The molecule has 124 valence electrons. The van der Waals surface area contributed by atoms with Gasteiger partial charge >= 0.3 is 5.97 Å². The van der Waals surface area contributed by atoms with Crippen LogP contribution in [0.5, 0.6) is 0 Å². The number of aryl methyl sites for hydroxylation is 2. The van der Waals surface area contributed by atoms with Crippen molar-refractivity contribution in [3.8, 4) is 0 Å². The standard InChI is InChI=1S/C19H30O3/c1-4-5-6-7-8-9-10-11-12-21-22-19(20)18-14-16(2)13-17(3)15-18/h13-15H,4-12H2,1-3H3. The summed E-state index contributed by atoms with van der Waals surface area (Å²) < 4.78 is 0. The van der Waals surface area contributed by atoms with Crippen molar-refractivity contribution in [2.24, 2.45) is 0 Å². The van der Waals surface area contributed by atoms with E-state index in [1.807, 2.05) is 32.0 Å². The molecule has 1 aromatic carbocycles. The first-order valence-corrected chi connectivity index (χ1v) is 8.55. The highest BCUT2D eigenvalue weighted by atomic mass is 17.2. The van der Waals surface area contributed by atoms with Gasteiger partial charge in [0.25, 0.3) is 0 Å². The summed E-state index contributed by atoms with van der Waals surface area (Å²) in [7, 11) is 0. The molecule has 0 fully saturated rings. The number of unbranched alkanes of at least 4 members (excludes halogenated alkanes) is 7. The van der Waals surface area contributed by atoms with E-state index in [2.05, 4.69) is 6.92 Å². The molecule has 22 heavy (non-hydrogen) atoms. The van der Waals surface area contributed by atoms with Crippen LogP contribution < -0.4 is 0 Å². The van der Waals surface area contributed by atoms with Crippen LogP contribution in [0.4, 0.5) is 0 Å². The highest BCUT2D eigenvalue weighted by Gasteiger charge is 2.09. The first-order chi connectivity index (χ1) is 10.6. The fourth-order valence-electron chi connectivity index (χ4n) is 2.53. The zero-order valence-corrected chi connectivity index (χ0v) is 14.3. The number of carbonyl (C=O) groups is 1. The third-order valence-electron chi connectivity index (χ3n) is 3.67. The van der Waals surface area contributed by atoms with Crippen LogP contribution in [0.1, 0.15) is 79.8 Å². The van der Waals surface area contributed by atoms with Crippen LogP contribution >= 0.6 is 0 Å². The average molecular weight is 306 g/mol. The van der Waals surface area contributed by atoms with Crippen LogP contribution in [0.15, 0.2) is 18.2 Å². The van der Waals surface area contributed by atoms with Gasteiger partial charge in [-0.05, 0) is 32.4 Å². The SMILES string of the molecule is CCCCCCCCCCOOC(=O)c1cc(C)cc(C)c1. The maximum absolute atomic E-state index is 11.8. The van der Waals surface area contributed by atoms with Crippen molar-refractivity contribution in [3.63, 3.8) is 0 Å². The van der Waals surface area contributed by atoms with Gasteiger partial charge in [-0.2, -0.15) is 4.89 Å². The Kier molecular flexibility index (Phi) is 9.56. The molecule has 0 bridgehead atoms. The second-order valence-corrected chi connectivity index (χ2v) is 6.04. The fourth-order valence-corrected chi connectivity index (χ4v) is 2.53. The van der Waals surface area contributed by atoms with Crippen LogP contribution in [-0.2, 0) is 9.78 Å². The van der Waals surface area contributed by atoms with Gasteiger partial charge < -0.3 is 0 Å². The number of carbonyl (C=O) groups excluding carboxylic acids is 1. The van der Waals surface area contributed by atoms with E-state index < -0.39 is 5.97 Å². The molecule has 0 saturated heterocycles. The molecule has 0 radical (unpaired) electrons. The van der Waals surface area contributed by atoms with Gasteiger partial charge in [0.05, 0.1) is 12.2 Å². The van der Waals surface area contributed by atoms with Crippen molar-refractivity contribution in [3.05, 3.63) is 34.9 Å². The van der Waals surface area contributed by atoms with Crippen molar-refractivity contribution in [2.45, 2.75) is 72.1 Å². The Morgan fingerprint density at radius 1 is 0.864 bits per heavy atom. The lowest BCUT2D eigenvalue weighted by atomic mass is 10.1. The van der Waals surface area contributed by atoms with E-state index in [-0.39, 0.29) is 0 Å². The van der Waals surface area contributed by atoms with Crippen LogP contribution in [0.25, 0.3) is 0 Å². The predicted octanol–water partition coefficient (Wildman–Crippen LogP) is 5.53. The van der Waals surface area contributed by atoms with E-state index in [0.29, 0.717) is 12.2 Å². The molecule has 1 rings (SSSR count). The van der Waals surface area contributed by atoms with Gasteiger partial charge in [0.15, 0.2) is 0 Å². The second-order valence-electron chi connectivity index (χ2n) is 6.04. The molecule has 0 aliphatic carbocycles. The summed E-state index contributed by atoms with van der Waals surface area (Å²) in [6.07, 6.45) is 9.91. The molecule has 0 atom stereocenters. The van der Waals surface area contributed by atoms with E-state index in [1.165, 1.54) is 38.5 Å². The lowest BCUT2D eigenvalue weighted by Gasteiger charge is -2.06. The molecule has 0 unspecified atom stereocenters. The van der Waals surface area contributed by atoms with E-state index in [9.17, 15) is 4.79 Å². The van der Waals surface area contributed by atoms with Gasteiger partial charge in [0.1, 0.15) is 0 Å². The van der Waals surface area contributed by atoms with E-state index in [4.69, 9.17) is 9.78 Å². The zero-order valence-electron chi connectivity index (χ0n) is 14.3. The van der Waals surface area contributed by atoms with Crippen molar-refractivity contribution in [2.75, 3.05) is 6.61 Å². The Balaban J connectivity index is 2.06. The maximum atomic E-state index is 11.8. The molecule has 0 aromatic heterocycles. The molecular formula is C19H30O3. The van der Waals surface area contributed by atoms with Gasteiger partial charge in [-0.3, -0.25) is 4.89 Å². The van der Waals surface area contributed by atoms with Gasteiger partial charge in [-0.15, -0.1) is 0 Å². The fraction of sp³-hybridized carbons (Fsp3) is 0.632. The van der Waals surface area contributed by atoms with E-state index in [0.717, 1.165) is 24.0 Å². The van der Waals surface area contributed by atoms with Crippen LogP contribution in [-0.4, -0.2) is 12.6 Å². The minimum Gasteiger partial charge on any atom is -0.293 e. The maximum Gasteiger partial charge on any atom is 0.373 e. The number of benzene rings is 1. The molecule has 0 amide bonds. The van der Waals surface area contributed by atoms with E-state index in [1.54, 1.807) is 0 Å². The topological polar surface area (TPSA) is 35.5 Å². The minimum atomic E-state index is -0.411. The summed E-state index contributed by atoms with van der Waals surface area (Å²) in [5.41, 5.74) is 2.65. The minimum absolute atomic E-state index is 0.411. The van der Waals surface area contributed by atoms with Gasteiger partial charge in [-0.1, -0.05) is 69.1 Å². The molecule has 3 heteroatoms. The van der Waals surface area contributed by atoms with E-state index >= 15 is 0 Å².